The number of amides is 10. The molecule has 3 saturated carbocycles. The highest BCUT2D eigenvalue weighted by atomic mass is 31.1. The molecule has 0 aliphatic heterocycles. The highest BCUT2D eigenvalue weighted by Crippen LogP contribution is 2.33. The van der Waals surface area contributed by atoms with Crippen LogP contribution >= 0.6 is 32.3 Å². The number of carboxylic acids is 1. The molecule has 149 heavy (non-hydrogen) atoms. The van der Waals surface area contributed by atoms with Crippen molar-refractivity contribution in [1.82, 2.24) is 93.4 Å². The first-order valence-corrected chi connectivity index (χ1v) is 60.5. The van der Waals surface area contributed by atoms with Crippen molar-refractivity contribution >= 4 is 150 Å². The fraction of sp³-hybridized carbons (Fsp3) is 0.742. The van der Waals surface area contributed by atoms with E-state index in [2.05, 4.69) is 134 Å². The number of guanidine groups is 4. The SMILES string of the molecule is CC[C@H](C)C(C)=O.CC[C@H](NC(=O)[C@@H](C)CCC[N-]C(N)=NP(C)C)C(C)=O.CC[C@H](NC(=O)[C@H](CCC[N-]C(N)=NP(C)C)NC(=O)[C@@H](C)CC1CCCCC1)C(C)=O.CC[C@H](NC(=O)[C@H](CCC[N-]C(N)=NP(C)C)NC(=O)[C@H](CC1CCCCC1)NC(=O)c1n[nH]c(C)n1)C(C)=O.CC[C@H](NC(=O)[C@H](CCC[N-]C(N)=NP(C)C)NC(=O)[C@H](CC1CCCCC1)NC(=O)c1nc(N)n[nH]1)C(N)=O.Cc1nc(C(=O)O)n[nH]1. The van der Waals surface area contributed by atoms with Gasteiger partial charge in [0.1, 0.15) is 53.7 Å². The van der Waals surface area contributed by atoms with Crippen LogP contribution in [0.3, 0.4) is 0 Å². The third kappa shape index (κ3) is 61.1. The summed E-state index contributed by atoms with van der Waals surface area (Å²) >= 11 is 0. The molecule has 0 radical (unpaired) electrons. The first-order chi connectivity index (χ1) is 70.3. The smallest absolute Gasteiger partial charge is 0.375 e. The van der Waals surface area contributed by atoms with Crippen molar-refractivity contribution in [1.29, 1.82) is 0 Å². The van der Waals surface area contributed by atoms with E-state index in [1.807, 2.05) is 94.9 Å². The molecule has 0 spiro atoms. The molecular weight excluding hydrogens is 1990 g/mol. The highest BCUT2D eigenvalue weighted by molar-refractivity contribution is 7.55. The standard InChI is InChI=1S/C26H46N9O4P.C24H44N11O4P.C23H44N5O3P.C14H29N4O2P.C6H12O.C4H5N3O2/c1-6-19(16(2)36)30-23(37)20(13-10-14-28-26(27)35-40(4)5)31-24(38)21(15-18-11-8-7-9-12-18)32-25(39)22-29-17(3)33-34-22;1-4-15(18(25)36)29-20(37)16(11-8-12-28-23(26)35-40(2)3)30-21(38)17(13-14-9-6-5-7-10-14)31-22(39)19-32-24(27)34-33-19;1-6-19(17(3)29)26-22(31)20(13-10-14-25-23(24)28-32(4)5)27-21(30)16(2)15-18-11-8-7-9-12-18;1-6-12(11(3)19)17-13(20)10(2)8-7-9-16-14(15)18-21(4)5;1-4-5(2)6(3)7;1-2-5-3(4(8)9)7-6-2/h18-21H,6-15H2,1-5H3,(H7,27,28,29,30,31,32,33,34,35,37,38,39);14-17H,4-13H2,1-3H3,(H11,25,26,27,28,29,30,31,32,33,34,35,36,37,38,39);16,18-20H,6-15H2,1-5H3,(H5,24,25,26,27,28,30,31);10,12H,6-9H2,1-5H3,(H4,15,16,17,18,20);5H,4H2,1-3H3;1H3,(H,8,9)(H,5,6,7)/p-4/t19-,20-,21-;15-,16-,17-;16-,19-,20-;10-,12-;5-;/m00000./s1. The van der Waals surface area contributed by atoms with E-state index in [0.29, 0.717) is 126 Å². The summed E-state index contributed by atoms with van der Waals surface area (Å²) in [5, 5.41) is 68.5. The number of nitrogens with one attached hydrogen (secondary N) is 12. The fourth-order valence-electron chi connectivity index (χ4n) is 15.8. The molecule has 10 amide bonds. The summed E-state index contributed by atoms with van der Waals surface area (Å²) < 4.78 is 16.9. The third-order valence-electron chi connectivity index (χ3n) is 24.4. The molecular formula is C97H176N32O16P4-4. The van der Waals surface area contributed by atoms with Crippen LogP contribution in [0, 0.1) is 49.4 Å². The third-order valence-corrected chi connectivity index (χ3v) is 26.8. The lowest BCUT2D eigenvalue weighted by molar-refractivity contribution is -0.132. The Morgan fingerprint density at radius 1 is 0.349 bits per heavy atom. The maximum atomic E-state index is 13.6. The average Bonchev–Trinajstić information content (AvgIpc) is 1.83. The van der Waals surface area contributed by atoms with Gasteiger partial charge in [-0.25, -0.2) is 14.8 Å². The van der Waals surface area contributed by atoms with Crippen LogP contribution in [0.5, 0.6) is 0 Å². The summed E-state index contributed by atoms with van der Waals surface area (Å²) in [6.45, 7) is 41.7. The Morgan fingerprint density at radius 3 is 0.919 bits per heavy atom. The topological polar surface area (TPSA) is 771 Å². The molecule has 3 aromatic rings. The van der Waals surface area contributed by atoms with Crippen molar-refractivity contribution in [3.8, 4) is 0 Å². The Bertz CT molecular complexity index is 4530. The zero-order valence-corrected chi connectivity index (χ0v) is 95.6. The van der Waals surface area contributed by atoms with Crippen LogP contribution in [0.1, 0.15) is 326 Å². The second-order valence-corrected chi connectivity index (χ2v) is 46.0. The van der Waals surface area contributed by atoms with Crippen LogP contribution < -0.4 is 82.3 Å². The zero-order valence-electron chi connectivity index (χ0n) is 92.0. The Labute approximate surface area is 885 Å². The van der Waals surface area contributed by atoms with Crippen LogP contribution in [0.25, 0.3) is 21.3 Å². The molecule has 12 atom stereocenters. The number of anilines is 1. The van der Waals surface area contributed by atoms with Crippen LogP contribution in [-0.4, -0.2) is 297 Å². The van der Waals surface area contributed by atoms with Gasteiger partial charge in [0.05, 0.1) is 18.1 Å². The van der Waals surface area contributed by atoms with E-state index < -0.39 is 128 Å². The second-order valence-electron chi connectivity index (χ2n) is 38.4. The zero-order chi connectivity index (χ0) is 113. The predicted octanol–water partition coefficient (Wildman–Crippen LogP) is 10.1. The minimum Gasteiger partial charge on any atom is -0.475 e. The summed E-state index contributed by atoms with van der Waals surface area (Å²) in [6, 6.07) is -6.90. The minimum atomic E-state index is -1.11. The first-order valence-electron chi connectivity index (χ1n) is 51.8. The number of H-pyrrole nitrogens is 3. The molecule has 48 nitrogen and oxygen atoms in total. The number of nitrogens with zero attached hydrogens (tertiary/aromatic N) is 14. The Hall–Kier alpha value is -11.1. The number of nitrogen functional groups attached to an aromatic ring is 1. The quantitative estimate of drug-likeness (QED) is 0.0108. The van der Waals surface area contributed by atoms with Crippen LogP contribution in [0.4, 0.5) is 5.95 Å². The monoisotopic (exact) mass is 2170 g/mol. The van der Waals surface area contributed by atoms with Gasteiger partial charge in [0.15, 0.2) is 17.3 Å². The van der Waals surface area contributed by atoms with Gasteiger partial charge >= 0.3 is 5.97 Å². The van der Waals surface area contributed by atoms with Gasteiger partial charge in [-0.15, -0.1) is 15.3 Å². The summed E-state index contributed by atoms with van der Waals surface area (Å²) in [5.74, 6) is -2.87. The predicted molar refractivity (Wildman–Crippen MR) is 592 cm³/mol. The molecule has 844 valence electrons. The lowest BCUT2D eigenvalue weighted by Crippen LogP contribution is -2.56. The Balaban J connectivity index is 0.000000960. The van der Waals surface area contributed by atoms with Crippen LogP contribution in [-0.2, 0) is 57.5 Å². The van der Waals surface area contributed by atoms with Crippen molar-refractivity contribution in [2.24, 2.45) is 83.2 Å². The van der Waals surface area contributed by atoms with E-state index in [0.717, 1.165) is 83.5 Å². The number of Topliss-reactive ketones (excluding diaryl/α,β-unsaturated/α-hetero) is 4. The number of carbonyl (C=O) groups is 15. The second kappa shape index (κ2) is 76.4. The molecule has 0 bridgehead atoms. The van der Waals surface area contributed by atoms with Crippen molar-refractivity contribution in [3.63, 3.8) is 0 Å². The molecule has 3 fully saturated rings. The van der Waals surface area contributed by atoms with E-state index in [9.17, 15) is 71.9 Å². The Morgan fingerprint density at radius 2 is 0.644 bits per heavy atom. The number of ketones is 4. The van der Waals surface area contributed by atoms with E-state index in [1.165, 1.54) is 52.9 Å². The number of primary amides is 1. The number of aromatic amines is 3. The summed E-state index contributed by atoms with van der Waals surface area (Å²) in [5.41, 5.74) is 34.0. The van der Waals surface area contributed by atoms with E-state index in [4.69, 9.17) is 39.5 Å². The molecule has 3 aliphatic rings. The molecule has 6 rings (SSSR count). The van der Waals surface area contributed by atoms with Crippen molar-refractivity contribution in [3.05, 3.63) is 50.4 Å². The number of carboxylic acid groups (broad SMARTS) is 1. The van der Waals surface area contributed by atoms with Crippen LogP contribution in [0.15, 0.2) is 19.1 Å². The van der Waals surface area contributed by atoms with Gasteiger partial charge in [0.2, 0.25) is 64.9 Å². The number of hydrogen-bond acceptors (Lipinski definition) is 26. The largest absolute Gasteiger partial charge is 0.475 e. The van der Waals surface area contributed by atoms with Crippen molar-refractivity contribution < 1.29 is 77.0 Å². The average molecular weight is 2170 g/mol. The number of hydrogen-bond donors (Lipinski definition) is 19. The fourth-order valence-corrected chi connectivity index (χ4v) is 17.7. The van der Waals surface area contributed by atoms with Crippen LogP contribution in [0.2, 0.25) is 0 Å². The number of aryl methyl sites for hydroxylation is 2. The molecule has 0 unspecified atom stereocenters. The number of rotatable bonds is 55. The first kappa shape index (κ1) is 136. The molecule has 3 heterocycles. The number of carbonyl (C=O) groups excluding carboxylic acids is 14. The van der Waals surface area contributed by atoms with Gasteiger partial charge in [-0.3, -0.25) is 82.4 Å². The Kier molecular flexibility index (Phi) is 69.7. The molecule has 25 N–H and O–H groups in total. The molecule has 0 saturated heterocycles. The van der Waals surface area contributed by atoms with E-state index in [1.54, 1.807) is 34.6 Å². The van der Waals surface area contributed by atoms with Gasteiger partial charge in [-0.05, 0) is 242 Å². The number of aromatic carboxylic acids is 1. The lowest BCUT2D eigenvalue weighted by Gasteiger charge is -2.28. The highest BCUT2D eigenvalue weighted by Gasteiger charge is 2.36. The van der Waals surface area contributed by atoms with Gasteiger partial charge < -0.3 is 128 Å². The van der Waals surface area contributed by atoms with Crippen molar-refractivity contribution in [2.45, 2.75) is 350 Å². The van der Waals surface area contributed by atoms with Gasteiger partial charge in [0, 0.05) is 41.6 Å². The summed E-state index contributed by atoms with van der Waals surface area (Å²) in [4.78, 5) is 195. The van der Waals surface area contributed by atoms with Gasteiger partial charge in [0.25, 0.3) is 17.6 Å². The maximum Gasteiger partial charge on any atom is 0.375 e. The van der Waals surface area contributed by atoms with Gasteiger partial charge in [-0.2, -0.15) is 4.98 Å². The lowest BCUT2D eigenvalue weighted by atomic mass is 9.83. The minimum absolute atomic E-state index is 0.00679. The molecule has 0 aromatic carbocycles. The van der Waals surface area contributed by atoms with E-state index in [-0.39, 0.29) is 125 Å². The number of nitrogens with two attached hydrogens (primary N) is 6. The number of aromatic nitrogens is 9. The van der Waals surface area contributed by atoms with E-state index >= 15 is 0 Å². The summed E-state index contributed by atoms with van der Waals surface area (Å²) in [6.07, 6.45) is 24.8. The van der Waals surface area contributed by atoms with Gasteiger partial charge in [-0.1, -0.05) is 184 Å². The van der Waals surface area contributed by atoms with Crippen molar-refractivity contribution in [2.75, 3.05) is 85.2 Å². The normalized spacial score (nSPS) is 16.0. The summed E-state index contributed by atoms with van der Waals surface area (Å²) in [7, 11) is -2.12. The molecule has 3 aliphatic carbocycles. The maximum absolute atomic E-state index is 13.6. The molecule has 3 aromatic heterocycles. The molecule has 52 heteroatoms.